The molecule has 2 N–H and O–H groups in total. The van der Waals surface area contributed by atoms with E-state index in [1.165, 1.54) is 11.0 Å². The van der Waals surface area contributed by atoms with Crippen LogP contribution in [0, 0.1) is 0 Å². The highest BCUT2D eigenvalue weighted by Crippen LogP contribution is 2.15. The summed E-state index contributed by atoms with van der Waals surface area (Å²) in [6.45, 7) is 6.93. The van der Waals surface area contributed by atoms with Crippen LogP contribution in [0.25, 0.3) is 0 Å². The van der Waals surface area contributed by atoms with Gasteiger partial charge in [-0.1, -0.05) is 6.58 Å². The van der Waals surface area contributed by atoms with Crippen LogP contribution in [0.5, 0.6) is 0 Å². The van der Waals surface area contributed by atoms with Gasteiger partial charge >= 0.3 is 0 Å². The van der Waals surface area contributed by atoms with Gasteiger partial charge in [-0.05, 0) is 44.2 Å². The van der Waals surface area contributed by atoms with Gasteiger partial charge in [0.25, 0.3) is 5.91 Å². The van der Waals surface area contributed by atoms with Crippen molar-refractivity contribution in [2.24, 2.45) is 0 Å². The molecule has 132 valence electrons. The van der Waals surface area contributed by atoms with Crippen molar-refractivity contribution < 1.29 is 18.0 Å². The van der Waals surface area contributed by atoms with Crippen molar-refractivity contribution in [2.75, 3.05) is 24.7 Å². The fourth-order valence-electron chi connectivity index (χ4n) is 1.84. The van der Waals surface area contributed by atoms with Crippen LogP contribution in [0.15, 0.2) is 36.9 Å². The molecule has 0 spiro atoms. The van der Waals surface area contributed by atoms with Gasteiger partial charge in [0, 0.05) is 30.4 Å². The number of amides is 2. The molecular weight excluding hydrogens is 330 g/mol. The van der Waals surface area contributed by atoms with Crippen molar-refractivity contribution >= 4 is 27.5 Å². The second-order valence-electron chi connectivity index (χ2n) is 6.08. The standard InChI is InChI=1S/C16H23N3O4S/c1-6-14(20)19(4)13-9-7-12(8-10-13)15(21)18-16(2,3)11-17-24(5,22)23/h6-10,17H,1,11H2,2-5H3,(H,18,21). The van der Waals surface area contributed by atoms with Crippen LogP contribution in [0.2, 0.25) is 0 Å². The zero-order valence-electron chi connectivity index (χ0n) is 14.3. The number of nitrogens with one attached hydrogen (secondary N) is 2. The molecule has 1 aromatic carbocycles. The third kappa shape index (κ3) is 6.13. The molecule has 0 aliphatic heterocycles. The fourth-order valence-corrected chi connectivity index (χ4v) is 2.46. The molecule has 2 amide bonds. The number of sulfonamides is 1. The van der Waals surface area contributed by atoms with Crippen LogP contribution < -0.4 is 14.9 Å². The van der Waals surface area contributed by atoms with E-state index in [0.717, 1.165) is 6.26 Å². The first-order chi connectivity index (χ1) is 10.9. The minimum Gasteiger partial charge on any atom is -0.346 e. The van der Waals surface area contributed by atoms with Crippen LogP contribution in [-0.4, -0.2) is 45.6 Å². The Hall–Kier alpha value is -2.19. The second kappa shape index (κ2) is 7.59. The number of benzene rings is 1. The quantitative estimate of drug-likeness (QED) is 0.712. The molecule has 1 aromatic rings. The molecule has 8 heteroatoms. The summed E-state index contributed by atoms with van der Waals surface area (Å²) in [5.41, 5.74) is 0.286. The summed E-state index contributed by atoms with van der Waals surface area (Å²) in [5.74, 6) is -0.584. The Morgan fingerprint density at radius 2 is 1.79 bits per heavy atom. The van der Waals surface area contributed by atoms with Gasteiger partial charge in [0.15, 0.2) is 0 Å². The summed E-state index contributed by atoms with van der Waals surface area (Å²) >= 11 is 0. The average Bonchev–Trinajstić information content (AvgIpc) is 2.50. The monoisotopic (exact) mass is 353 g/mol. The van der Waals surface area contributed by atoms with Gasteiger partial charge in [-0.3, -0.25) is 9.59 Å². The van der Waals surface area contributed by atoms with E-state index < -0.39 is 15.6 Å². The van der Waals surface area contributed by atoms with Crippen LogP contribution in [0.1, 0.15) is 24.2 Å². The SMILES string of the molecule is C=CC(=O)N(C)c1ccc(C(=O)NC(C)(C)CNS(C)(=O)=O)cc1. The highest BCUT2D eigenvalue weighted by molar-refractivity contribution is 7.88. The lowest BCUT2D eigenvalue weighted by atomic mass is 10.1. The average molecular weight is 353 g/mol. The molecule has 0 radical (unpaired) electrons. The molecule has 0 atom stereocenters. The number of hydrogen-bond acceptors (Lipinski definition) is 4. The molecule has 0 aliphatic rings. The van der Waals surface area contributed by atoms with E-state index in [9.17, 15) is 18.0 Å². The largest absolute Gasteiger partial charge is 0.346 e. The summed E-state index contributed by atoms with van der Waals surface area (Å²) in [4.78, 5) is 25.2. The summed E-state index contributed by atoms with van der Waals surface area (Å²) in [7, 11) is -1.72. The zero-order valence-corrected chi connectivity index (χ0v) is 15.1. The molecule has 0 saturated heterocycles. The second-order valence-corrected chi connectivity index (χ2v) is 7.91. The van der Waals surface area contributed by atoms with Gasteiger partial charge in [0.05, 0.1) is 6.26 Å². The smallest absolute Gasteiger partial charge is 0.251 e. The minimum absolute atomic E-state index is 0.0756. The normalized spacial score (nSPS) is 11.7. The molecule has 0 heterocycles. The Bertz CT molecular complexity index is 724. The molecule has 24 heavy (non-hydrogen) atoms. The molecule has 7 nitrogen and oxygen atoms in total. The summed E-state index contributed by atoms with van der Waals surface area (Å²) in [5, 5.41) is 2.77. The molecule has 0 unspecified atom stereocenters. The first kappa shape index (κ1) is 19.9. The minimum atomic E-state index is -3.33. The van der Waals surface area contributed by atoms with E-state index in [2.05, 4.69) is 16.6 Å². The Morgan fingerprint density at radius 1 is 1.25 bits per heavy atom. The molecule has 0 aromatic heterocycles. The van der Waals surface area contributed by atoms with Crippen molar-refractivity contribution in [3.05, 3.63) is 42.5 Å². The number of nitrogens with zero attached hydrogens (tertiary/aromatic N) is 1. The van der Waals surface area contributed by atoms with Crippen LogP contribution in [-0.2, 0) is 14.8 Å². The number of anilines is 1. The third-order valence-corrected chi connectivity index (χ3v) is 3.92. The van der Waals surface area contributed by atoms with Crippen molar-refractivity contribution in [1.82, 2.24) is 10.0 Å². The first-order valence-electron chi connectivity index (χ1n) is 7.22. The van der Waals surface area contributed by atoms with Gasteiger partial charge in [0.2, 0.25) is 15.9 Å². The topological polar surface area (TPSA) is 95.6 Å². The van der Waals surface area contributed by atoms with Gasteiger partial charge in [-0.25, -0.2) is 13.1 Å². The Labute approximate surface area is 142 Å². The highest BCUT2D eigenvalue weighted by Gasteiger charge is 2.22. The summed E-state index contributed by atoms with van der Waals surface area (Å²) < 4.78 is 24.7. The Morgan fingerprint density at radius 3 is 2.25 bits per heavy atom. The van der Waals surface area contributed by atoms with E-state index in [-0.39, 0.29) is 18.4 Å². The number of likely N-dealkylation sites (N-methyl/N-ethyl adjacent to an activating group) is 1. The first-order valence-corrected chi connectivity index (χ1v) is 9.12. The lowest BCUT2D eigenvalue weighted by Gasteiger charge is -2.26. The highest BCUT2D eigenvalue weighted by atomic mass is 32.2. The molecule has 0 bridgehead atoms. The van der Waals surface area contributed by atoms with Gasteiger partial charge < -0.3 is 10.2 Å². The van der Waals surface area contributed by atoms with Gasteiger partial charge in [-0.2, -0.15) is 0 Å². The van der Waals surface area contributed by atoms with Crippen molar-refractivity contribution in [2.45, 2.75) is 19.4 Å². The van der Waals surface area contributed by atoms with E-state index in [1.54, 1.807) is 45.2 Å². The molecular formula is C16H23N3O4S. The molecule has 0 aliphatic carbocycles. The number of carbonyl (C=O) groups excluding carboxylic acids is 2. The predicted octanol–water partition coefficient (Wildman–Crippen LogP) is 0.893. The van der Waals surface area contributed by atoms with E-state index in [0.29, 0.717) is 11.3 Å². The molecule has 1 rings (SSSR count). The van der Waals surface area contributed by atoms with E-state index in [1.807, 2.05) is 0 Å². The predicted molar refractivity (Wildman–Crippen MR) is 94.4 cm³/mol. The number of rotatable bonds is 7. The van der Waals surface area contributed by atoms with Crippen molar-refractivity contribution in [3.63, 3.8) is 0 Å². The maximum absolute atomic E-state index is 12.3. The Kier molecular flexibility index (Phi) is 6.28. The maximum atomic E-state index is 12.3. The summed E-state index contributed by atoms with van der Waals surface area (Å²) in [6, 6.07) is 6.49. The van der Waals surface area contributed by atoms with Crippen molar-refractivity contribution in [3.8, 4) is 0 Å². The third-order valence-electron chi connectivity index (χ3n) is 3.25. The van der Waals surface area contributed by atoms with Gasteiger partial charge in [-0.15, -0.1) is 0 Å². The van der Waals surface area contributed by atoms with Crippen molar-refractivity contribution in [1.29, 1.82) is 0 Å². The van der Waals surface area contributed by atoms with Crippen LogP contribution >= 0.6 is 0 Å². The van der Waals surface area contributed by atoms with E-state index in [4.69, 9.17) is 0 Å². The van der Waals surface area contributed by atoms with Crippen LogP contribution in [0.4, 0.5) is 5.69 Å². The number of hydrogen-bond donors (Lipinski definition) is 2. The van der Waals surface area contributed by atoms with E-state index >= 15 is 0 Å². The molecule has 0 saturated carbocycles. The fraction of sp³-hybridized carbons (Fsp3) is 0.375. The Balaban J connectivity index is 2.78. The molecule has 0 fully saturated rings. The van der Waals surface area contributed by atoms with Gasteiger partial charge in [0.1, 0.15) is 0 Å². The number of carbonyl (C=O) groups is 2. The van der Waals surface area contributed by atoms with Crippen LogP contribution in [0.3, 0.4) is 0 Å². The maximum Gasteiger partial charge on any atom is 0.251 e. The lowest BCUT2D eigenvalue weighted by molar-refractivity contribution is -0.113. The zero-order chi connectivity index (χ0) is 18.5. The summed E-state index contributed by atoms with van der Waals surface area (Å²) in [6.07, 6.45) is 2.27. The lowest BCUT2D eigenvalue weighted by Crippen LogP contribution is -2.51.